The lowest BCUT2D eigenvalue weighted by atomic mass is 10.1. The summed E-state index contributed by atoms with van der Waals surface area (Å²) in [6, 6.07) is 2.44. The van der Waals surface area contributed by atoms with Crippen molar-refractivity contribution in [3.63, 3.8) is 0 Å². The van der Waals surface area contributed by atoms with E-state index < -0.39 is 24.2 Å². The summed E-state index contributed by atoms with van der Waals surface area (Å²) in [6.07, 6.45) is -8.65. The van der Waals surface area contributed by atoms with Crippen LogP contribution in [-0.4, -0.2) is 11.3 Å². The summed E-state index contributed by atoms with van der Waals surface area (Å²) >= 11 is 5.45. The van der Waals surface area contributed by atoms with Gasteiger partial charge in [0.1, 0.15) is 0 Å². The number of nitrogens with zero attached hydrogens (tertiary/aromatic N) is 2. The van der Waals surface area contributed by atoms with Crippen LogP contribution in [0.1, 0.15) is 23.2 Å². The highest BCUT2D eigenvalue weighted by Crippen LogP contribution is 2.33. The average molecular weight is 301 g/mol. The second-order valence-corrected chi connectivity index (χ2v) is 3.57. The molecule has 1 aromatic rings. The van der Waals surface area contributed by atoms with E-state index in [4.69, 9.17) is 16.9 Å². The molecule has 0 aromatic carbocycles. The number of hydrogen-bond acceptors (Lipinski definition) is 3. The molecule has 0 aliphatic rings. The Bertz CT molecular complexity index is 498. The summed E-state index contributed by atoms with van der Waals surface area (Å²) in [4.78, 5) is 3.31. The van der Waals surface area contributed by atoms with Crippen molar-refractivity contribution in [3.05, 3.63) is 22.9 Å². The highest BCUT2D eigenvalue weighted by atomic mass is 35.5. The van der Waals surface area contributed by atoms with Gasteiger partial charge in [-0.15, -0.1) is 24.8 Å². The van der Waals surface area contributed by atoms with Crippen LogP contribution in [0.15, 0.2) is 6.07 Å². The Morgan fingerprint density at radius 2 is 2.05 bits per heavy atom. The zero-order chi connectivity index (χ0) is 14.6. The Morgan fingerprint density at radius 3 is 2.47 bits per heavy atom. The fourth-order valence-electron chi connectivity index (χ4n) is 1.29. The van der Waals surface area contributed by atoms with E-state index in [9.17, 15) is 22.0 Å². The highest BCUT2D eigenvalue weighted by Gasteiger charge is 2.34. The third-order valence-electron chi connectivity index (χ3n) is 2.03. The number of ether oxygens (including phenoxy) is 1. The van der Waals surface area contributed by atoms with E-state index in [-0.39, 0.29) is 23.6 Å². The molecule has 0 N–H and O–H groups in total. The van der Waals surface area contributed by atoms with Gasteiger partial charge >= 0.3 is 6.36 Å². The minimum atomic E-state index is -5.14. The fraction of sp³-hybridized carbons (Fsp3) is 0.400. The summed E-state index contributed by atoms with van der Waals surface area (Å²) in [5, 5.41) is 8.51. The van der Waals surface area contributed by atoms with Gasteiger partial charge in [-0.25, -0.2) is 13.8 Å². The summed E-state index contributed by atoms with van der Waals surface area (Å²) < 4.78 is 65.0. The lowest BCUT2D eigenvalue weighted by Gasteiger charge is -2.14. The quantitative estimate of drug-likeness (QED) is 0.629. The van der Waals surface area contributed by atoms with Crippen LogP contribution in [0.2, 0.25) is 0 Å². The molecule has 3 nitrogen and oxygen atoms in total. The number of nitriles is 1. The molecule has 0 fully saturated rings. The maximum absolute atomic E-state index is 12.7. The first-order valence-electron chi connectivity index (χ1n) is 4.78. The molecule has 0 unspecified atom stereocenters. The van der Waals surface area contributed by atoms with E-state index in [0.29, 0.717) is 0 Å². The van der Waals surface area contributed by atoms with Crippen molar-refractivity contribution in [1.29, 1.82) is 5.26 Å². The first kappa shape index (κ1) is 15.4. The number of halogens is 6. The second-order valence-electron chi connectivity index (χ2n) is 3.31. The predicted molar refractivity (Wildman–Crippen MR) is 54.8 cm³/mol. The molecule has 0 bridgehead atoms. The Hall–Kier alpha value is -1.62. The van der Waals surface area contributed by atoms with Gasteiger partial charge in [-0.3, -0.25) is 0 Å². The first-order chi connectivity index (χ1) is 8.78. The minimum absolute atomic E-state index is 0.0438. The molecule has 0 aliphatic carbocycles. The molecular weight excluding hydrogens is 295 g/mol. The molecule has 104 valence electrons. The van der Waals surface area contributed by atoms with Gasteiger partial charge in [0.2, 0.25) is 5.88 Å². The van der Waals surface area contributed by atoms with Gasteiger partial charge in [-0.2, -0.15) is 5.26 Å². The molecule has 0 saturated carbocycles. The minimum Gasteiger partial charge on any atom is -0.387 e. The Kier molecular flexibility index (Phi) is 4.89. The number of rotatable bonds is 4. The maximum atomic E-state index is 12.7. The van der Waals surface area contributed by atoms with E-state index in [2.05, 4.69) is 9.72 Å². The van der Waals surface area contributed by atoms with Crippen LogP contribution >= 0.6 is 11.6 Å². The summed E-state index contributed by atoms with van der Waals surface area (Å²) in [5.74, 6) is -1.57. The van der Waals surface area contributed by atoms with Crippen molar-refractivity contribution in [2.24, 2.45) is 0 Å². The van der Waals surface area contributed by atoms with Crippen molar-refractivity contribution in [3.8, 4) is 11.9 Å². The molecule has 0 atom stereocenters. The van der Waals surface area contributed by atoms with Gasteiger partial charge < -0.3 is 4.74 Å². The topological polar surface area (TPSA) is 45.9 Å². The number of pyridine rings is 1. The van der Waals surface area contributed by atoms with Crippen molar-refractivity contribution < 1.29 is 26.7 Å². The van der Waals surface area contributed by atoms with Crippen molar-refractivity contribution in [2.75, 3.05) is 0 Å². The number of hydrogen-bond donors (Lipinski definition) is 0. The average Bonchev–Trinajstić information content (AvgIpc) is 2.28. The molecule has 1 rings (SSSR count). The van der Waals surface area contributed by atoms with Gasteiger partial charge in [0.15, 0.2) is 0 Å². The van der Waals surface area contributed by atoms with Gasteiger partial charge in [0, 0.05) is 0 Å². The zero-order valence-electron chi connectivity index (χ0n) is 9.14. The van der Waals surface area contributed by atoms with Gasteiger partial charge in [-0.1, -0.05) is 0 Å². The summed E-state index contributed by atoms with van der Waals surface area (Å²) in [7, 11) is 0. The standard InChI is InChI=1S/C10H6ClF5N2O/c11-4-7-5(1-2-17)3-6(8(12)13)9(18-7)19-10(14,15)16/h3,8H,1,4H2. The van der Waals surface area contributed by atoms with E-state index in [1.807, 2.05) is 0 Å². The van der Waals surface area contributed by atoms with Crippen LogP contribution in [0, 0.1) is 11.3 Å². The molecule has 1 heterocycles. The molecular formula is C10H6ClF5N2O. The van der Waals surface area contributed by atoms with Crippen LogP contribution < -0.4 is 4.74 Å². The van der Waals surface area contributed by atoms with E-state index in [0.717, 1.165) is 6.07 Å². The Labute approximate surface area is 109 Å². The molecule has 0 spiro atoms. The zero-order valence-corrected chi connectivity index (χ0v) is 9.90. The van der Waals surface area contributed by atoms with Gasteiger partial charge in [0.05, 0.1) is 29.6 Å². The van der Waals surface area contributed by atoms with Crippen LogP contribution in [0.3, 0.4) is 0 Å². The summed E-state index contributed by atoms with van der Waals surface area (Å²) in [6.45, 7) is 0. The lowest BCUT2D eigenvalue weighted by molar-refractivity contribution is -0.276. The van der Waals surface area contributed by atoms with Gasteiger partial charge in [-0.05, 0) is 11.6 Å². The number of aromatic nitrogens is 1. The van der Waals surface area contributed by atoms with Crippen molar-refractivity contribution in [2.45, 2.75) is 25.1 Å². The van der Waals surface area contributed by atoms with Crippen molar-refractivity contribution in [1.82, 2.24) is 4.98 Å². The maximum Gasteiger partial charge on any atom is 0.574 e. The fourth-order valence-corrected chi connectivity index (χ4v) is 1.52. The normalized spacial score (nSPS) is 11.5. The molecule has 9 heteroatoms. The number of alkyl halides is 6. The second kappa shape index (κ2) is 6.02. The summed E-state index contributed by atoms with van der Waals surface area (Å²) in [5.41, 5.74) is -1.09. The third kappa shape index (κ3) is 4.21. The van der Waals surface area contributed by atoms with Crippen LogP contribution in [0.4, 0.5) is 22.0 Å². The van der Waals surface area contributed by atoms with Crippen molar-refractivity contribution >= 4 is 11.6 Å². The van der Waals surface area contributed by atoms with E-state index in [1.165, 1.54) is 0 Å². The molecule has 1 aromatic heterocycles. The molecule has 0 aliphatic heterocycles. The lowest BCUT2D eigenvalue weighted by Crippen LogP contribution is -2.20. The van der Waals surface area contributed by atoms with Crippen LogP contribution in [0.5, 0.6) is 5.88 Å². The third-order valence-corrected chi connectivity index (χ3v) is 2.28. The Morgan fingerprint density at radius 1 is 1.42 bits per heavy atom. The molecule has 0 radical (unpaired) electrons. The van der Waals surface area contributed by atoms with Crippen LogP contribution in [-0.2, 0) is 12.3 Å². The smallest absolute Gasteiger partial charge is 0.387 e. The molecule has 0 saturated heterocycles. The van der Waals surface area contributed by atoms with E-state index in [1.54, 1.807) is 6.07 Å². The molecule has 0 amide bonds. The van der Waals surface area contributed by atoms with Crippen LogP contribution in [0.25, 0.3) is 0 Å². The largest absolute Gasteiger partial charge is 0.574 e. The van der Waals surface area contributed by atoms with E-state index >= 15 is 0 Å². The van der Waals surface area contributed by atoms with Gasteiger partial charge in [0.25, 0.3) is 6.43 Å². The monoisotopic (exact) mass is 300 g/mol. The predicted octanol–water partition coefficient (Wildman–Crippen LogP) is 3.72. The molecule has 19 heavy (non-hydrogen) atoms. The first-order valence-corrected chi connectivity index (χ1v) is 5.31. The Balaban J connectivity index is 3.32. The highest BCUT2D eigenvalue weighted by molar-refractivity contribution is 6.17. The SMILES string of the molecule is N#CCc1cc(C(F)F)c(OC(F)(F)F)nc1CCl.